The molecule has 1 unspecified atom stereocenters. The number of rotatable bonds is 4. The summed E-state index contributed by atoms with van der Waals surface area (Å²) in [6.07, 6.45) is -0.541. The van der Waals surface area contributed by atoms with Crippen molar-refractivity contribution in [1.29, 1.82) is 0 Å². The van der Waals surface area contributed by atoms with Crippen LogP contribution in [0.2, 0.25) is 5.02 Å². The average Bonchev–Trinajstić information content (AvgIpc) is 2.40. The lowest BCUT2D eigenvalue weighted by atomic mass is 10.1. The first-order chi connectivity index (χ1) is 9.06. The zero-order valence-corrected chi connectivity index (χ0v) is 11.6. The van der Waals surface area contributed by atoms with Crippen molar-refractivity contribution in [1.82, 2.24) is 0 Å². The second kappa shape index (κ2) is 5.89. The summed E-state index contributed by atoms with van der Waals surface area (Å²) >= 11 is 5.88. The smallest absolute Gasteiger partial charge is 0.203 e. The molecule has 2 aromatic carbocycles. The van der Waals surface area contributed by atoms with E-state index in [1.54, 1.807) is 31.2 Å². The molecule has 0 bridgehead atoms. The van der Waals surface area contributed by atoms with Crippen molar-refractivity contribution in [2.75, 3.05) is 0 Å². The fourth-order valence-corrected chi connectivity index (χ4v) is 1.94. The van der Waals surface area contributed by atoms with Crippen LogP contribution in [-0.4, -0.2) is 11.9 Å². The van der Waals surface area contributed by atoms with Crippen molar-refractivity contribution >= 4 is 17.4 Å². The summed E-state index contributed by atoms with van der Waals surface area (Å²) in [5.74, 6) is 0.608. The molecule has 0 aliphatic carbocycles. The Labute approximate surface area is 118 Å². The van der Waals surface area contributed by atoms with E-state index >= 15 is 0 Å². The number of aryl methyl sites for hydroxylation is 1. The van der Waals surface area contributed by atoms with Gasteiger partial charge < -0.3 is 4.74 Å². The van der Waals surface area contributed by atoms with Gasteiger partial charge in [0.25, 0.3) is 0 Å². The zero-order chi connectivity index (χ0) is 13.8. The molecule has 0 amide bonds. The van der Waals surface area contributed by atoms with Crippen LogP contribution in [0.5, 0.6) is 5.75 Å². The highest BCUT2D eigenvalue weighted by atomic mass is 35.5. The Hall–Kier alpha value is -1.80. The minimum Gasteiger partial charge on any atom is -0.483 e. The van der Waals surface area contributed by atoms with Crippen molar-refractivity contribution in [3.63, 3.8) is 0 Å². The molecule has 0 heterocycles. The molecule has 3 heteroatoms. The molecule has 0 N–H and O–H groups in total. The maximum atomic E-state index is 12.2. The SMILES string of the molecule is Cc1ccc(OC(C)C(=O)c2cccc(Cl)c2)cc1. The van der Waals surface area contributed by atoms with Crippen LogP contribution in [0.1, 0.15) is 22.8 Å². The number of benzene rings is 2. The van der Waals surface area contributed by atoms with Gasteiger partial charge in [-0.25, -0.2) is 0 Å². The third-order valence-corrected chi connectivity index (χ3v) is 3.05. The quantitative estimate of drug-likeness (QED) is 0.777. The highest BCUT2D eigenvalue weighted by molar-refractivity contribution is 6.31. The van der Waals surface area contributed by atoms with Crippen molar-refractivity contribution in [3.8, 4) is 5.75 Å². The first-order valence-electron chi connectivity index (χ1n) is 6.09. The molecule has 0 fully saturated rings. The van der Waals surface area contributed by atoms with Gasteiger partial charge in [-0.2, -0.15) is 0 Å². The van der Waals surface area contributed by atoms with Gasteiger partial charge in [0.1, 0.15) is 5.75 Å². The topological polar surface area (TPSA) is 26.3 Å². The lowest BCUT2D eigenvalue weighted by Gasteiger charge is -2.14. The molecule has 2 aromatic rings. The van der Waals surface area contributed by atoms with Gasteiger partial charge in [-0.05, 0) is 38.1 Å². The molecule has 19 heavy (non-hydrogen) atoms. The molecule has 0 saturated carbocycles. The lowest BCUT2D eigenvalue weighted by molar-refractivity contribution is 0.0818. The van der Waals surface area contributed by atoms with Crippen LogP contribution in [0.25, 0.3) is 0 Å². The molecular formula is C16H15ClO2. The predicted octanol–water partition coefficient (Wildman–Crippen LogP) is 4.30. The van der Waals surface area contributed by atoms with Crippen molar-refractivity contribution in [3.05, 3.63) is 64.7 Å². The standard InChI is InChI=1S/C16H15ClO2/c1-11-6-8-15(9-7-11)19-12(2)16(18)13-4-3-5-14(17)10-13/h3-10,12H,1-2H3. The van der Waals surface area contributed by atoms with Gasteiger partial charge in [0.05, 0.1) is 0 Å². The van der Waals surface area contributed by atoms with E-state index in [1.807, 2.05) is 31.2 Å². The second-order valence-corrected chi connectivity index (χ2v) is 4.88. The number of hydrogen-bond donors (Lipinski definition) is 0. The summed E-state index contributed by atoms with van der Waals surface area (Å²) in [4.78, 5) is 12.2. The van der Waals surface area contributed by atoms with Gasteiger partial charge in [0, 0.05) is 10.6 Å². The molecule has 2 rings (SSSR count). The van der Waals surface area contributed by atoms with Crippen LogP contribution >= 0.6 is 11.6 Å². The maximum Gasteiger partial charge on any atom is 0.203 e. The molecule has 1 atom stereocenters. The first-order valence-corrected chi connectivity index (χ1v) is 6.47. The molecule has 2 nitrogen and oxygen atoms in total. The van der Waals surface area contributed by atoms with Crippen LogP contribution < -0.4 is 4.74 Å². The number of carbonyl (C=O) groups excluding carboxylic acids is 1. The maximum absolute atomic E-state index is 12.2. The summed E-state index contributed by atoms with van der Waals surface area (Å²) in [6.45, 7) is 3.74. The van der Waals surface area contributed by atoms with Crippen molar-refractivity contribution in [2.45, 2.75) is 20.0 Å². The van der Waals surface area contributed by atoms with Gasteiger partial charge in [-0.15, -0.1) is 0 Å². The van der Waals surface area contributed by atoms with Crippen molar-refractivity contribution in [2.24, 2.45) is 0 Å². The molecular weight excluding hydrogens is 260 g/mol. The Balaban J connectivity index is 2.09. The predicted molar refractivity (Wildman–Crippen MR) is 77.1 cm³/mol. The number of ketones is 1. The van der Waals surface area contributed by atoms with E-state index in [0.717, 1.165) is 5.56 Å². The van der Waals surface area contributed by atoms with Crippen LogP contribution in [0.15, 0.2) is 48.5 Å². The average molecular weight is 275 g/mol. The number of halogens is 1. The number of Topliss-reactive ketones (excluding diaryl/α,β-unsaturated/α-hetero) is 1. The first kappa shape index (κ1) is 13.6. The van der Waals surface area contributed by atoms with E-state index in [1.165, 1.54) is 0 Å². The molecule has 98 valence electrons. The third-order valence-electron chi connectivity index (χ3n) is 2.81. The van der Waals surface area contributed by atoms with Gasteiger partial charge in [-0.3, -0.25) is 4.79 Å². The molecule has 0 aromatic heterocycles. The fourth-order valence-electron chi connectivity index (χ4n) is 1.75. The minimum atomic E-state index is -0.541. The zero-order valence-electron chi connectivity index (χ0n) is 10.9. The summed E-state index contributed by atoms with van der Waals surface area (Å²) in [5, 5.41) is 0.549. The Morgan fingerprint density at radius 3 is 2.47 bits per heavy atom. The largest absolute Gasteiger partial charge is 0.483 e. The second-order valence-electron chi connectivity index (χ2n) is 4.45. The van der Waals surface area contributed by atoms with Crippen LogP contribution in [0.4, 0.5) is 0 Å². The normalized spacial score (nSPS) is 11.9. The van der Waals surface area contributed by atoms with Gasteiger partial charge in [-0.1, -0.05) is 41.4 Å². The number of carbonyl (C=O) groups is 1. The Bertz CT molecular complexity index is 576. The van der Waals surface area contributed by atoms with E-state index in [0.29, 0.717) is 16.3 Å². The minimum absolute atomic E-state index is 0.0805. The summed E-state index contributed by atoms with van der Waals surface area (Å²) in [5.41, 5.74) is 1.72. The van der Waals surface area contributed by atoms with E-state index in [4.69, 9.17) is 16.3 Å². The Kier molecular flexibility index (Phi) is 4.23. The van der Waals surface area contributed by atoms with Crippen LogP contribution in [0.3, 0.4) is 0 Å². The Morgan fingerprint density at radius 2 is 1.84 bits per heavy atom. The molecule has 0 radical (unpaired) electrons. The highest BCUT2D eigenvalue weighted by Gasteiger charge is 2.17. The molecule has 0 aliphatic rings. The van der Waals surface area contributed by atoms with Gasteiger partial charge >= 0.3 is 0 Å². The van der Waals surface area contributed by atoms with Gasteiger partial charge in [0.2, 0.25) is 5.78 Å². The molecule has 0 aliphatic heterocycles. The van der Waals surface area contributed by atoms with E-state index in [-0.39, 0.29) is 5.78 Å². The summed E-state index contributed by atoms with van der Waals surface area (Å²) in [6, 6.07) is 14.5. The monoisotopic (exact) mass is 274 g/mol. The Morgan fingerprint density at radius 1 is 1.16 bits per heavy atom. The van der Waals surface area contributed by atoms with E-state index in [2.05, 4.69) is 0 Å². The lowest BCUT2D eigenvalue weighted by Crippen LogP contribution is -2.23. The van der Waals surface area contributed by atoms with Crippen LogP contribution in [-0.2, 0) is 0 Å². The van der Waals surface area contributed by atoms with E-state index < -0.39 is 6.10 Å². The number of hydrogen-bond acceptors (Lipinski definition) is 2. The van der Waals surface area contributed by atoms with Crippen molar-refractivity contribution < 1.29 is 9.53 Å². The van der Waals surface area contributed by atoms with Gasteiger partial charge in [0.15, 0.2) is 6.10 Å². The molecule has 0 saturated heterocycles. The third kappa shape index (κ3) is 3.58. The van der Waals surface area contributed by atoms with E-state index in [9.17, 15) is 4.79 Å². The number of ether oxygens (including phenoxy) is 1. The summed E-state index contributed by atoms with van der Waals surface area (Å²) < 4.78 is 5.63. The van der Waals surface area contributed by atoms with Crippen LogP contribution in [0, 0.1) is 6.92 Å². The summed E-state index contributed by atoms with van der Waals surface area (Å²) in [7, 11) is 0. The highest BCUT2D eigenvalue weighted by Crippen LogP contribution is 2.17. The fraction of sp³-hybridized carbons (Fsp3) is 0.188. The molecule has 0 spiro atoms.